The molecule has 27 heavy (non-hydrogen) atoms. The van der Waals surface area contributed by atoms with E-state index in [2.05, 4.69) is 9.97 Å². The molecule has 0 amide bonds. The Morgan fingerprint density at radius 1 is 1.11 bits per heavy atom. The van der Waals surface area contributed by atoms with Crippen LogP contribution in [-0.2, 0) is 14.9 Å². The Hall–Kier alpha value is -2.22. The molecule has 2 aromatic rings. The Morgan fingerprint density at radius 3 is 2.52 bits per heavy atom. The number of nitrogens with zero attached hydrogens (tertiary/aromatic N) is 2. The summed E-state index contributed by atoms with van der Waals surface area (Å²) in [7, 11) is -4.93. The smallest absolute Gasteiger partial charge is 0.295 e. The van der Waals surface area contributed by atoms with Crippen molar-refractivity contribution in [2.75, 3.05) is 0 Å². The normalized spacial score (nSPS) is 28.7. The zero-order valence-corrected chi connectivity index (χ0v) is 14.3. The summed E-state index contributed by atoms with van der Waals surface area (Å²) in [6, 6.07) is 3.85. The van der Waals surface area contributed by atoms with Crippen molar-refractivity contribution in [3.63, 3.8) is 0 Å². The Labute approximate surface area is 152 Å². The fraction of sp³-hybridized carbons (Fsp3) is 0.333. The number of hydrogen-bond acceptors (Lipinski definition) is 9. The van der Waals surface area contributed by atoms with Crippen molar-refractivity contribution < 1.29 is 42.2 Å². The fourth-order valence-corrected chi connectivity index (χ4v) is 3.29. The molecule has 10 nitrogen and oxygen atoms in total. The van der Waals surface area contributed by atoms with Crippen LogP contribution >= 0.6 is 0 Å². The standard InChI is InChI=1S/C15H15FN2O8S/c16-8-3-5-17-6-7(8)10-9(2-1-4-18-10)25-14-12(20)11(19)13(21)15(26-14)27(22,23)24/h1-6,11-15,19-21H,(H,22,23,24)/t11-,12-,13+,14-,15?/m1/s1. The molecule has 1 fully saturated rings. The summed E-state index contributed by atoms with van der Waals surface area (Å²) in [5, 5.41) is 29.6. The van der Waals surface area contributed by atoms with Gasteiger partial charge in [0.15, 0.2) is 0 Å². The van der Waals surface area contributed by atoms with Gasteiger partial charge >= 0.3 is 0 Å². The molecule has 1 aliphatic rings. The first-order valence-corrected chi connectivity index (χ1v) is 9.08. The molecule has 146 valence electrons. The quantitative estimate of drug-likeness (QED) is 0.482. The number of halogens is 1. The largest absolute Gasteiger partial charge is 0.460 e. The molecule has 0 bridgehead atoms. The van der Waals surface area contributed by atoms with E-state index in [1.165, 1.54) is 30.7 Å². The second-order valence-corrected chi connectivity index (χ2v) is 7.18. The minimum absolute atomic E-state index is 0.0251. The number of aromatic nitrogens is 2. The van der Waals surface area contributed by atoms with Gasteiger partial charge in [0, 0.05) is 18.6 Å². The third-order valence-corrected chi connectivity index (χ3v) is 4.83. The van der Waals surface area contributed by atoms with Crippen molar-refractivity contribution in [1.29, 1.82) is 0 Å². The first kappa shape index (κ1) is 19.5. The number of aliphatic hydroxyl groups excluding tert-OH is 3. The maximum Gasteiger partial charge on any atom is 0.295 e. The molecule has 1 unspecified atom stereocenters. The molecule has 3 rings (SSSR count). The second kappa shape index (κ2) is 7.42. The maximum absolute atomic E-state index is 14.0. The average Bonchev–Trinajstić information content (AvgIpc) is 2.62. The predicted octanol–water partition coefficient (Wildman–Crippen LogP) is -0.686. The van der Waals surface area contributed by atoms with Crippen LogP contribution in [0, 0.1) is 5.82 Å². The molecule has 12 heteroatoms. The lowest BCUT2D eigenvalue weighted by atomic mass is 10.1. The highest BCUT2D eigenvalue weighted by atomic mass is 32.2. The zero-order valence-electron chi connectivity index (χ0n) is 13.5. The predicted molar refractivity (Wildman–Crippen MR) is 86.3 cm³/mol. The van der Waals surface area contributed by atoms with E-state index in [4.69, 9.17) is 14.0 Å². The van der Waals surface area contributed by atoms with Crippen LogP contribution in [0.1, 0.15) is 0 Å². The van der Waals surface area contributed by atoms with Crippen molar-refractivity contribution >= 4 is 10.1 Å². The zero-order chi connectivity index (χ0) is 19.8. The van der Waals surface area contributed by atoms with E-state index in [0.29, 0.717) is 0 Å². The lowest BCUT2D eigenvalue weighted by molar-refractivity contribution is -0.254. The van der Waals surface area contributed by atoms with E-state index < -0.39 is 46.0 Å². The summed E-state index contributed by atoms with van der Waals surface area (Å²) in [4.78, 5) is 7.77. The van der Waals surface area contributed by atoms with Crippen LogP contribution in [0.5, 0.6) is 5.75 Å². The number of aliphatic hydroxyl groups is 3. The van der Waals surface area contributed by atoms with Crippen molar-refractivity contribution in [1.82, 2.24) is 9.97 Å². The van der Waals surface area contributed by atoms with Crippen LogP contribution in [0.25, 0.3) is 11.3 Å². The van der Waals surface area contributed by atoms with Gasteiger partial charge in [-0.25, -0.2) is 4.39 Å². The lowest BCUT2D eigenvalue weighted by Gasteiger charge is -2.38. The van der Waals surface area contributed by atoms with Crippen molar-refractivity contribution in [3.8, 4) is 17.0 Å². The highest BCUT2D eigenvalue weighted by Crippen LogP contribution is 2.32. The van der Waals surface area contributed by atoms with Gasteiger partial charge in [-0.05, 0) is 18.2 Å². The number of rotatable bonds is 4. The fourth-order valence-electron chi connectivity index (χ4n) is 2.53. The van der Waals surface area contributed by atoms with E-state index >= 15 is 0 Å². The molecule has 0 aliphatic carbocycles. The monoisotopic (exact) mass is 402 g/mol. The minimum Gasteiger partial charge on any atom is -0.460 e. The van der Waals surface area contributed by atoms with Gasteiger partial charge in [-0.15, -0.1) is 0 Å². The minimum atomic E-state index is -4.93. The van der Waals surface area contributed by atoms with E-state index in [0.717, 1.165) is 6.07 Å². The summed E-state index contributed by atoms with van der Waals surface area (Å²) in [5.74, 6) is -0.781. The van der Waals surface area contributed by atoms with Crippen molar-refractivity contribution in [2.45, 2.75) is 30.0 Å². The molecule has 0 aromatic carbocycles. The van der Waals surface area contributed by atoms with Crippen molar-refractivity contribution in [3.05, 3.63) is 42.6 Å². The maximum atomic E-state index is 14.0. The molecular formula is C15H15FN2O8S. The SMILES string of the molecule is O=S(=O)(O)C1O[C@@H](Oc2cccnc2-c2cnccc2F)[C@H](O)[C@@H](O)[C@@H]1O. The van der Waals surface area contributed by atoms with Crippen LogP contribution in [0.4, 0.5) is 4.39 Å². The molecule has 5 atom stereocenters. The highest BCUT2D eigenvalue weighted by molar-refractivity contribution is 7.86. The molecule has 0 spiro atoms. The third kappa shape index (κ3) is 3.90. The molecular weight excluding hydrogens is 387 g/mol. The van der Waals surface area contributed by atoms with E-state index in [1.54, 1.807) is 0 Å². The molecule has 1 saturated heterocycles. The van der Waals surface area contributed by atoms with Gasteiger partial charge < -0.3 is 24.8 Å². The Balaban J connectivity index is 1.94. The summed E-state index contributed by atoms with van der Waals surface area (Å²) in [6.45, 7) is 0. The molecule has 0 radical (unpaired) electrons. The first-order valence-electron chi connectivity index (χ1n) is 7.57. The van der Waals surface area contributed by atoms with Gasteiger partial charge in [0.25, 0.3) is 10.1 Å². The summed E-state index contributed by atoms with van der Waals surface area (Å²) in [6.07, 6.45) is -4.04. The Kier molecular flexibility index (Phi) is 5.37. The van der Waals surface area contributed by atoms with Crippen LogP contribution in [0.15, 0.2) is 36.8 Å². The number of hydrogen-bond donors (Lipinski definition) is 4. The Morgan fingerprint density at radius 2 is 1.85 bits per heavy atom. The van der Waals surface area contributed by atoms with Gasteiger partial charge in [0.2, 0.25) is 11.7 Å². The topological polar surface area (TPSA) is 159 Å². The van der Waals surface area contributed by atoms with Gasteiger partial charge in [-0.3, -0.25) is 14.5 Å². The molecule has 3 heterocycles. The summed E-state index contributed by atoms with van der Waals surface area (Å²) >= 11 is 0. The molecule has 0 saturated carbocycles. The van der Waals surface area contributed by atoms with E-state index in [-0.39, 0.29) is 17.0 Å². The molecule has 1 aliphatic heterocycles. The lowest BCUT2D eigenvalue weighted by Crippen LogP contribution is -2.61. The van der Waals surface area contributed by atoms with Crippen molar-refractivity contribution in [2.24, 2.45) is 0 Å². The van der Waals surface area contributed by atoms with Crippen LogP contribution < -0.4 is 4.74 Å². The molecule has 4 N–H and O–H groups in total. The highest BCUT2D eigenvalue weighted by Gasteiger charge is 2.50. The average molecular weight is 402 g/mol. The van der Waals surface area contributed by atoms with Gasteiger partial charge in [-0.1, -0.05) is 0 Å². The van der Waals surface area contributed by atoms with Crippen LogP contribution in [0.2, 0.25) is 0 Å². The van der Waals surface area contributed by atoms with Crippen LogP contribution in [0.3, 0.4) is 0 Å². The summed E-state index contributed by atoms with van der Waals surface area (Å²) < 4.78 is 56.1. The molecule has 2 aromatic heterocycles. The van der Waals surface area contributed by atoms with Gasteiger partial charge in [0.1, 0.15) is 35.6 Å². The van der Waals surface area contributed by atoms with E-state index in [1.807, 2.05) is 0 Å². The third-order valence-electron chi connectivity index (χ3n) is 3.86. The van der Waals surface area contributed by atoms with Crippen LogP contribution in [-0.4, -0.2) is 68.3 Å². The van der Waals surface area contributed by atoms with E-state index in [9.17, 15) is 28.1 Å². The first-order chi connectivity index (χ1) is 12.7. The number of pyridine rings is 2. The number of ether oxygens (including phenoxy) is 2. The van der Waals surface area contributed by atoms with Gasteiger partial charge in [0.05, 0.1) is 5.56 Å². The second-order valence-electron chi connectivity index (χ2n) is 5.68. The van der Waals surface area contributed by atoms with Gasteiger partial charge in [-0.2, -0.15) is 8.42 Å². The summed E-state index contributed by atoms with van der Waals surface area (Å²) in [5.41, 5.74) is -2.32. The Bertz CT molecular complexity index is 928.